The summed E-state index contributed by atoms with van der Waals surface area (Å²) in [6.45, 7) is 2.88. The Hall–Kier alpha value is -3.22. The number of carbonyl (C=O) groups is 2. The van der Waals surface area contributed by atoms with Crippen molar-refractivity contribution in [3.05, 3.63) is 69.3 Å². The Bertz CT molecular complexity index is 900. The highest BCUT2D eigenvalue weighted by atomic mass is 16.6. The third kappa shape index (κ3) is 4.03. The standard InChI is InChI=1S/C21H23N3O4/c1-14-3-5-15(6-4-14)20(25)16-9-11-23(12-10-16)21(26)18-13-17(24(27)28)7-8-19(18)22-2/h3-8,13,16,22H,9-12H2,1-2H3. The van der Waals surface area contributed by atoms with Crippen LogP contribution < -0.4 is 5.32 Å². The largest absolute Gasteiger partial charge is 0.387 e. The lowest BCUT2D eigenvalue weighted by Crippen LogP contribution is -2.40. The van der Waals surface area contributed by atoms with Crippen molar-refractivity contribution in [1.29, 1.82) is 0 Å². The molecule has 1 fully saturated rings. The predicted octanol–water partition coefficient (Wildman–Crippen LogP) is 3.68. The number of ketones is 1. The highest BCUT2D eigenvalue weighted by Gasteiger charge is 2.29. The molecule has 0 unspecified atom stereocenters. The Kier molecular flexibility index (Phi) is 5.73. The number of rotatable bonds is 5. The molecule has 7 heteroatoms. The second kappa shape index (κ2) is 8.21. The fraction of sp³-hybridized carbons (Fsp3) is 0.333. The number of amides is 1. The quantitative estimate of drug-likeness (QED) is 0.484. The lowest BCUT2D eigenvalue weighted by Gasteiger charge is -2.31. The van der Waals surface area contributed by atoms with E-state index in [9.17, 15) is 19.7 Å². The molecule has 0 atom stereocenters. The van der Waals surface area contributed by atoms with E-state index < -0.39 is 4.92 Å². The maximum absolute atomic E-state index is 12.9. The molecule has 7 nitrogen and oxygen atoms in total. The number of Topliss-reactive ketones (excluding diaryl/α,β-unsaturated/α-hetero) is 1. The van der Waals surface area contributed by atoms with Crippen molar-refractivity contribution in [3.8, 4) is 0 Å². The topological polar surface area (TPSA) is 92.6 Å². The van der Waals surface area contributed by atoms with E-state index in [4.69, 9.17) is 0 Å². The zero-order chi connectivity index (χ0) is 20.3. The van der Waals surface area contributed by atoms with Crippen LogP contribution in [0.2, 0.25) is 0 Å². The predicted molar refractivity (Wildman–Crippen MR) is 107 cm³/mol. The molecule has 0 bridgehead atoms. The van der Waals surface area contributed by atoms with Crippen LogP contribution in [-0.2, 0) is 0 Å². The summed E-state index contributed by atoms with van der Waals surface area (Å²) in [6.07, 6.45) is 1.17. The van der Waals surface area contributed by atoms with Gasteiger partial charge in [0.15, 0.2) is 5.78 Å². The minimum Gasteiger partial charge on any atom is -0.387 e. The van der Waals surface area contributed by atoms with E-state index in [-0.39, 0.29) is 28.9 Å². The Morgan fingerprint density at radius 2 is 1.75 bits per heavy atom. The number of nitro groups is 1. The van der Waals surface area contributed by atoms with Crippen LogP contribution in [0.4, 0.5) is 11.4 Å². The van der Waals surface area contributed by atoms with E-state index in [1.54, 1.807) is 18.0 Å². The average Bonchev–Trinajstić information content (AvgIpc) is 2.72. The van der Waals surface area contributed by atoms with Gasteiger partial charge in [0.05, 0.1) is 10.5 Å². The van der Waals surface area contributed by atoms with Crippen LogP contribution in [0, 0.1) is 23.0 Å². The molecule has 1 heterocycles. The van der Waals surface area contributed by atoms with E-state index in [1.165, 1.54) is 12.1 Å². The van der Waals surface area contributed by atoms with Gasteiger partial charge in [-0.1, -0.05) is 29.8 Å². The molecule has 2 aromatic rings. The Labute approximate surface area is 163 Å². The number of likely N-dealkylation sites (tertiary alicyclic amines) is 1. The average molecular weight is 381 g/mol. The van der Waals surface area contributed by atoms with Crippen LogP contribution in [0.5, 0.6) is 0 Å². The van der Waals surface area contributed by atoms with Crippen LogP contribution in [0.3, 0.4) is 0 Å². The van der Waals surface area contributed by atoms with Gasteiger partial charge >= 0.3 is 0 Å². The smallest absolute Gasteiger partial charge is 0.270 e. The molecule has 0 aromatic heterocycles. The lowest BCUT2D eigenvalue weighted by molar-refractivity contribution is -0.384. The van der Waals surface area contributed by atoms with Gasteiger partial charge in [-0.25, -0.2) is 0 Å². The van der Waals surface area contributed by atoms with E-state index in [0.29, 0.717) is 37.2 Å². The van der Waals surface area contributed by atoms with Crippen LogP contribution >= 0.6 is 0 Å². The van der Waals surface area contributed by atoms with Crippen molar-refractivity contribution >= 4 is 23.1 Å². The number of aryl methyl sites for hydroxylation is 1. The van der Waals surface area contributed by atoms with Crippen LogP contribution in [0.25, 0.3) is 0 Å². The van der Waals surface area contributed by atoms with Gasteiger partial charge in [-0.3, -0.25) is 19.7 Å². The monoisotopic (exact) mass is 381 g/mol. The molecular formula is C21H23N3O4. The van der Waals surface area contributed by atoms with E-state index in [0.717, 1.165) is 5.56 Å². The van der Waals surface area contributed by atoms with Crippen molar-refractivity contribution in [2.24, 2.45) is 5.92 Å². The molecule has 0 saturated carbocycles. The van der Waals surface area contributed by atoms with Crippen molar-refractivity contribution in [2.75, 3.05) is 25.5 Å². The summed E-state index contributed by atoms with van der Waals surface area (Å²) >= 11 is 0. The number of hydrogen-bond donors (Lipinski definition) is 1. The second-order valence-electron chi connectivity index (χ2n) is 7.03. The van der Waals surface area contributed by atoms with Crippen molar-refractivity contribution in [2.45, 2.75) is 19.8 Å². The van der Waals surface area contributed by atoms with Gasteiger partial charge in [-0.15, -0.1) is 0 Å². The van der Waals surface area contributed by atoms with E-state index >= 15 is 0 Å². The first-order chi connectivity index (χ1) is 13.4. The molecule has 146 valence electrons. The van der Waals surface area contributed by atoms with Gasteiger partial charge in [0.1, 0.15) is 0 Å². The van der Waals surface area contributed by atoms with Crippen molar-refractivity contribution < 1.29 is 14.5 Å². The maximum atomic E-state index is 12.9. The molecule has 1 amide bonds. The van der Waals surface area contributed by atoms with Crippen LogP contribution in [0.1, 0.15) is 39.1 Å². The number of benzene rings is 2. The number of nitrogens with one attached hydrogen (secondary N) is 1. The first-order valence-electron chi connectivity index (χ1n) is 9.27. The maximum Gasteiger partial charge on any atom is 0.270 e. The minimum absolute atomic E-state index is 0.110. The number of anilines is 1. The zero-order valence-corrected chi connectivity index (χ0v) is 16.0. The third-order valence-corrected chi connectivity index (χ3v) is 5.20. The number of nitrogens with zero attached hydrogens (tertiary/aromatic N) is 2. The number of nitro benzene ring substituents is 1. The molecule has 28 heavy (non-hydrogen) atoms. The molecule has 0 spiro atoms. The fourth-order valence-corrected chi connectivity index (χ4v) is 3.51. The first-order valence-corrected chi connectivity index (χ1v) is 9.27. The fourth-order valence-electron chi connectivity index (χ4n) is 3.51. The molecule has 1 saturated heterocycles. The number of non-ortho nitro benzene ring substituents is 1. The van der Waals surface area contributed by atoms with Crippen molar-refractivity contribution in [3.63, 3.8) is 0 Å². The second-order valence-corrected chi connectivity index (χ2v) is 7.03. The molecule has 0 aliphatic carbocycles. The molecule has 0 radical (unpaired) electrons. The summed E-state index contributed by atoms with van der Waals surface area (Å²) in [7, 11) is 1.67. The molecule has 1 aliphatic heterocycles. The SMILES string of the molecule is CNc1ccc([N+](=O)[O-])cc1C(=O)N1CCC(C(=O)c2ccc(C)cc2)CC1. The van der Waals surface area contributed by atoms with Crippen LogP contribution in [-0.4, -0.2) is 41.7 Å². The summed E-state index contributed by atoms with van der Waals surface area (Å²) < 4.78 is 0. The highest BCUT2D eigenvalue weighted by molar-refractivity contribution is 6.01. The summed E-state index contributed by atoms with van der Waals surface area (Å²) in [4.78, 5) is 37.8. The number of hydrogen-bond acceptors (Lipinski definition) is 5. The van der Waals surface area contributed by atoms with Gasteiger partial charge in [-0.05, 0) is 25.8 Å². The van der Waals surface area contributed by atoms with Gasteiger partial charge in [0, 0.05) is 49.4 Å². The Morgan fingerprint density at radius 1 is 1.11 bits per heavy atom. The zero-order valence-electron chi connectivity index (χ0n) is 16.0. The van der Waals surface area contributed by atoms with Crippen LogP contribution in [0.15, 0.2) is 42.5 Å². The van der Waals surface area contributed by atoms with Gasteiger partial charge in [0.25, 0.3) is 11.6 Å². The number of carbonyl (C=O) groups excluding carboxylic acids is 2. The number of piperidine rings is 1. The van der Waals surface area contributed by atoms with E-state index in [1.807, 2.05) is 31.2 Å². The summed E-state index contributed by atoms with van der Waals surface area (Å²) in [5.74, 6) is -0.256. The Balaban J connectivity index is 1.70. The highest BCUT2D eigenvalue weighted by Crippen LogP contribution is 2.27. The normalized spacial score (nSPS) is 14.6. The molecule has 2 aromatic carbocycles. The van der Waals surface area contributed by atoms with Gasteiger partial charge in [0.2, 0.25) is 0 Å². The van der Waals surface area contributed by atoms with Gasteiger partial charge < -0.3 is 10.2 Å². The molecule has 1 N–H and O–H groups in total. The first kappa shape index (κ1) is 19.5. The van der Waals surface area contributed by atoms with Gasteiger partial charge in [-0.2, -0.15) is 0 Å². The summed E-state index contributed by atoms with van der Waals surface area (Å²) in [5, 5.41) is 14.0. The minimum atomic E-state index is -0.511. The lowest BCUT2D eigenvalue weighted by atomic mass is 9.88. The molecular weight excluding hydrogens is 358 g/mol. The molecule has 3 rings (SSSR count). The summed E-state index contributed by atoms with van der Waals surface area (Å²) in [6, 6.07) is 11.8. The van der Waals surface area contributed by atoms with Crippen molar-refractivity contribution in [1.82, 2.24) is 4.90 Å². The Morgan fingerprint density at radius 3 is 2.32 bits per heavy atom. The van der Waals surface area contributed by atoms with E-state index in [2.05, 4.69) is 5.32 Å². The third-order valence-electron chi connectivity index (χ3n) is 5.20. The molecule has 1 aliphatic rings. The summed E-state index contributed by atoms with van der Waals surface area (Å²) in [5.41, 5.74) is 2.51.